The van der Waals surface area contributed by atoms with Crippen molar-refractivity contribution in [1.82, 2.24) is 9.97 Å². The van der Waals surface area contributed by atoms with Gasteiger partial charge in [-0.2, -0.15) is 0 Å². The van der Waals surface area contributed by atoms with Gasteiger partial charge in [-0.25, -0.2) is 9.97 Å². The first-order valence-electron chi connectivity index (χ1n) is 6.49. The van der Waals surface area contributed by atoms with Crippen LogP contribution in [0.4, 0.5) is 5.82 Å². The highest BCUT2D eigenvalue weighted by Gasteiger charge is 2.12. The molecule has 0 saturated carbocycles. The van der Waals surface area contributed by atoms with Gasteiger partial charge in [0, 0.05) is 6.54 Å². The Morgan fingerprint density at radius 2 is 1.95 bits per heavy atom. The van der Waals surface area contributed by atoms with Crippen molar-refractivity contribution in [1.29, 1.82) is 0 Å². The molecule has 4 nitrogen and oxygen atoms in total. The van der Waals surface area contributed by atoms with Gasteiger partial charge >= 0.3 is 0 Å². The topological polar surface area (TPSA) is 47.0 Å². The fourth-order valence-electron chi connectivity index (χ4n) is 1.86. The first-order chi connectivity index (χ1) is 9.22. The summed E-state index contributed by atoms with van der Waals surface area (Å²) in [7, 11) is 0. The number of aromatic nitrogens is 2. The van der Waals surface area contributed by atoms with Crippen molar-refractivity contribution >= 4 is 5.82 Å². The molecule has 0 spiro atoms. The van der Waals surface area contributed by atoms with Crippen LogP contribution in [0.5, 0.6) is 5.88 Å². The maximum absolute atomic E-state index is 5.93. The third-order valence-electron chi connectivity index (χ3n) is 2.94. The number of ether oxygens (including phenoxy) is 1. The maximum Gasteiger partial charge on any atom is 0.222 e. The minimum atomic E-state index is -0.0377. The van der Waals surface area contributed by atoms with E-state index in [1.807, 2.05) is 51.1 Å². The highest BCUT2D eigenvalue weighted by Crippen LogP contribution is 2.25. The lowest BCUT2D eigenvalue weighted by Gasteiger charge is -2.16. The smallest absolute Gasteiger partial charge is 0.222 e. The second-order valence-electron chi connectivity index (χ2n) is 4.35. The van der Waals surface area contributed by atoms with E-state index in [4.69, 9.17) is 4.74 Å². The Balaban J connectivity index is 2.17. The molecule has 0 aliphatic carbocycles. The van der Waals surface area contributed by atoms with Crippen molar-refractivity contribution in [3.8, 4) is 5.88 Å². The Morgan fingerprint density at radius 3 is 2.63 bits per heavy atom. The van der Waals surface area contributed by atoms with E-state index in [2.05, 4.69) is 15.3 Å². The molecular formula is C15H19N3O. The predicted octanol–water partition coefficient (Wildman–Crippen LogP) is 3.36. The van der Waals surface area contributed by atoms with Crippen molar-refractivity contribution in [2.24, 2.45) is 0 Å². The molecule has 2 aromatic rings. The third kappa shape index (κ3) is 3.22. The highest BCUT2D eigenvalue weighted by molar-refractivity contribution is 5.47. The number of hydrogen-bond acceptors (Lipinski definition) is 4. The second-order valence-corrected chi connectivity index (χ2v) is 4.35. The average Bonchev–Trinajstić information content (AvgIpc) is 2.44. The SMILES string of the molecule is CCNc1ncnc(OC(C)c2ccccc2)c1C. The van der Waals surface area contributed by atoms with Gasteiger partial charge in [0.2, 0.25) is 5.88 Å². The van der Waals surface area contributed by atoms with E-state index in [9.17, 15) is 0 Å². The van der Waals surface area contributed by atoms with Crippen LogP contribution in [0, 0.1) is 6.92 Å². The van der Waals surface area contributed by atoms with Gasteiger partial charge in [0.25, 0.3) is 0 Å². The summed E-state index contributed by atoms with van der Waals surface area (Å²) in [6.07, 6.45) is 1.49. The summed E-state index contributed by atoms with van der Waals surface area (Å²) >= 11 is 0. The summed E-state index contributed by atoms with van der Waals surface area (Å²) in [5.41, 5.74) is 2.07. The monoisotopic (exact) mass is 257 g/mol. The number of nitrogens with one attached hydrogen (secondary N) is 1. The van der Waals surface area contributed by atoms with Crippen LogP contribution in [0.3, 0.4) is 0 Å². The van der Waals surface area contributed by atoms with Gasteiger partial charge in [0.15, 0.2) is 0 Å². The Hall–Kier alpha value is -2.10. The molecule has 0 aliphatic rings. The molecule has 1 atom stereocenters. The lowest BCUT2D eigenvalue weighted by molar-refractivity contribution is 0.215. The normalized spacial score (nSPS) is 11.9. The summed E-state index contributed by atoms with van der Waals surface area (Å²) in [4.78, 5) is 8.42. The second kappa shape index (κ2) is 6.18. The lowest BCUT2D eigenvalue weighted by Crippen LogP contribution is -2.08. The average molecular weight is 257 g/mol. The molecule has 19 heavy (non-hydrogen) atoms. The van der Waals surface area contributed by atoms with Gasteiger partial charge in [-0.05, 0) is 26.3 Å². The summed E-state index contributed by atoms with van der Waals surface area (Å²) in [6.45, 7) is 6.84. The van der Waals surface area contributed by atoms with Crippen LogP contribution in [-0.2, 0) is 0 Å². The predicted molar refractivity (Wildman–Crippen MR) is 76.4 cm³/mol. The third-order valence-corrected chi connectivity index (χ3v) is 2.94. The van der Waals surface area contributed by atoms with Crippen molar-refractivity contribution in [3.63, 3.8) is 0 Å². The summed E-state index contributed by atoms with van der Waals surface area (Å²) in [5, 5.41) is 3.20. The van der Waals surface area contributed by atoms with E-state index in [1.54, 1.807) is 0 Å². The van der Waals surface area contributed by atoms with E-state index in [0.29, 0.717) is 5.88 Å². The molecule has 1 unspecified atom stereocenters. The fraction of sp³-hybridized carbons (Fsp3) is 0.333. The van der Waals surface area contributed by atoms with Crippen LogP contribution in [0.25, 0.3) is 0 Å². The highest BCUT2D eigenvalue weighted by atomic mass is 16.5. The number of nitrogens with zero attached hydrogens (tertiary/aromatic N) is 2. The lowest BCUT2D eigenvalue weighted by atomic mass is 10.1. The molecular weight excluding hydrogens is 238 g/mol. The molecule has 0 radical (unpaired) electrons. The molecule has 4 heteroatoms. The van der Waals surface area contributed by atoms with Crippen molar-refractivity contribution in [3.05, 3.63) is 47.8 Å². The van der Waals surface area contributed by atoms with Crippen LogP contribution in [0.15, 0.2) is 36.7 Å². The maximum atomic E-state index is 5.93. The van der Waals surface area contributed by atoms with Crippen LogP contribution >= 0.6 is 0 Å². The number of hydrogen-bond donors (Lipinski definition) is 1. The van der Waals surface area contributed by atoms with E-state index in [0.717, 1.165) is 23.5 Å². The van der Waals surface area contributed by atoms with Crippen LogP contribution in [0.2, 0.25) is 0 Å². The van der Waals surface area contributed by atoms with Crippen LogP contribution in [0.1, 0.15) is 31.1 Å². The van der Waals surface area contributed by atoms with Gasteiger partial charge in [-0.1, -0.05) is 30.3 Å². The van der Waals surface area contributed by atoms with Crippen LogP contribution in [-0.4, -0.2) is 16.5 Å². The van der Waals surface area contributed by atoms with Crippen molar-refractivity contribution in [2.45, 2.75) is 26.9 Å². The first-order valence-corrected chi connectivity index (χ1v) is 6.49. The number of anilines is 1. The molecule has 1 N–H and O–H groups in total. The van der Waals surface area contributed by atoms with Crippen LogP contribution < -0.4 is 10.1 Å². The van der Waals surface area contributed by atoms with Gasteiger partial charge in [0.1, 0.15) is 18.2 Å². The Morgan fingerprint density at radius 1 is 1.21 bits per heavy atom. The van der Waals surface area contributed by atoms with Crippen molar-refractivity contribution in [2.75, 3.05) is 11.9 Å². The minimum Gasteiger partial charge on any atom is -0.469 e. The molecule has 0 saturated heterocycles. The zero-order chi connectivity index (χ0) is 13.7. The molecule has 0 aliphatic heterocycles. The molecule has 2 rings (SSSR count). The molecule has 0 bridgehead atoms. The van der Waals surface area contributed by atoms with E-state index in [1.165, 1.54) is 6.33 Å². The largest absolute Gasteiger partial charge is 0.469 e. The van der Waals surface area contributed by atoms with Gasteiger partial charge in [-0.3, -0.25) is 0 Å². The molecule has 1 heterocycles. The minimum absolute atomic E-state index is 0.0377. The number of rotatable bonds is 5. The summed E-state index contributed by atoms with van der Waals surface area (Å²) < 4.78 is 5.93. The van der Waals surface area contributed by atoms with Crippen molar-refractivity contribution < 1.29 is 4.74 Å². The molecule has 1 aromatic heterocycles. The zero-order valence-electron chi connectivity index (χ0n) is 11.6. The first kappa shape index (κ1) is 13.3. The Kier molecular flexibility index (Phi) is 4.34. The molecule has 0 fully saturated rings. The Labute approximate surface area is 113 Å². The number of benzene rings is 1. The summed E-state index contributed by atoms with van der Waals surface area (Å²) in [6, 6.07) is 10.1. The fourth-order valence-corrected chi connectivity index (χ4v) is 1.86. The standard InChI is InChI=1S/C15H19N3O/c1-4-16-14-11(2)15(18-10-17-14)19-12(3)13-8-6-5-7-9-13/h5-10,12H,4H2,1-3H3,(H,16,17,18). The molecule has 100 valence electrons. The Bertz CT molecular complexity index is 528. The van der Waals surface area contributed by atoms with E-state index < -0.39 is 0 Å². The summed E-state index contributed by atoms with van der Waals surface area (Å²) in [5.74, 6) is 1.45. The zero-order valence-corrected chi connectivity index (χ0v) is 11.6. The molecule has 0 amide bonds. The van der Waals surface area contributed by atoms with E-state index in [-0.39, 0.29) is 6.10 Å². The van der Waals surface area contributed by atoms with Gasteiger partial charge < -0.3 is 10.1 Å². The van der Waals surface area contributed by atoms with Gasteiger partial charge in [0.05, 0.1) is 5.56 Å². The molecule has 1 aromatic carbocycles. The van der Waals surface area contributed by atoms with E-state index >= 15 is 0 Å². The quantitative estimate of drug-likeness (QED) is 0.892. The van der Waals surface area contributed by atoms with Gasteiger partial charge in [-0.15, -0.1) is 0 Å².